The molecule has 0 bridgehead atoms. The number of hydrogen-bond donors (Lipinski definition) is 2. The summed E-state index contributed by atoms with van der Waals surface area (Å²) in [7, 11) is 0. The molecule has 7 heteroatoms. The summed E-state index contributed by atoms with van der Waals surface area (Å²) in [6, 6.07) is 7.45. The Bertz CT molecular complexity index is 441. The van der Waals surface area contributed by atoms with Crippen molar-refractivity contribution >= 4 is 17.3 Å². The van der Waals surface area contributed by atoms with Crippen LogP contribution in [0.5, 0.6) is 0 Å². The van der Waals surface area contributed by atoms with Crippen LogP contribution in [0.15, 0.2) is 24.3 Å². The molecule has 0 saturated carbocycles. The lowest BCUT2D eigenvalue weighted by atomic mass is 10.3. The molecule has 0 spiro atoms. The van der Waals surface area contributed by atoms with Crippen molar-refractivity contribution in [3.05, 3.63) is 24.3 Å². The predicted octanol–water partition coefficient (Wildman–Crippen LogP) is 1.24. The first kappa shape index (κ1) is 14.6. The Kier molecular flexibility index (Phi) is 5.60. The molecule has 20 heavy (non-hydrogen) atoms. The molecule has 0 atom stereocenters. The minimum atomic E-state index is -0.480. The van der Waals surface area contributed by atoms with E-state index in [0.29, 0.717) is 19.8 Å². The SMILES string of the molecule is CCCOCCOCC(=O)ON1NNc2ccccc21. The van der Waals surface area contributed by atoms with Crippen molar-refractivity contribution < 1.29 is 19.1 Å². The first-order chi connectivity index (χ1) is 9.81. The molecule has 2 rings (SSSR count). The molecule has 0 saturated heterocycles. The second-order valence-corrected chi connectivity index (χ2v) is 4.18. The van der Waals surface area contributed by atoms with E-state index in [9.17, 15) is 4.79 Å². The Morgan fingerprint density at radius 1 is 1.20 bits per heavy atom. The molecule has 1 aliphatic heterocycles. The highest BCUT2D eigenvalue weighted by molar-refractivity contribution is 5.76. The molecule has 110 valence electrons. The lowest BCUT2D eigenvalue weighted by Crippen LogP contribution is -2.39. The summed E-state index contributed by atoms with van der Waals surface area (Å²) in [5, 5.41) is 1.27. The largest absolute Gasteiger partial charge is 0.379 e. The van der Waals surface area contributed by atoms with Crippen LogP contribution in [0.1, 0.15) is 13.3 Å². The number of carbonyl (C=O) groups is 1. The van der Waals surface area contributed by atoms with Crippen molar-refractivity contribution in [3.63, 3.8) is 0 Å². The van der Waals surface area contributed by atoms with Gasteiger partial charge in [0.05, 0.1) is 18.9 Å². The average Bonchev–Trinajstić information content (AvgIpc) is 2.86. The maximum Gasteiger partial charge on any atom is 0.359 e. The highest BCUT2D eigenvalue weighted by Crippen LogP contribution is 2.27. The van der Waals surface area contributed by atoms with Crippen molar-refractivity contribution in [1.29, 1.82) is 0 Å². The number of anilines is 2. The van der Waals surface area contributed by atoms with Crippen LogP contribution in [-0.4, -0.2) is 32.4 Å². The zero-order valence-electron chi connectivity index (χ0n) is 11.4. The summed E-state index contributed by atoms with van der Waals surface area (Å²) in [6.45, 7) is 3.47. The monoisotopic (exact) mass is 281 g/mol. The molecule has 1 aliphatic rings. The molecule has 0 unspecified atom stereocenters. The second-order valence-electron chi connectivity index (χ2n) is 4.18. The first-order valence-corrected chi connectivity index (χ1v) is 6.58. The minimum Gasteiger partial charge on any atom is -0.379 e. The Morgan fingerprint density at radius 3 is 2.85 bits per heavy atom. The number of rotatable bonds is 8. The molecule has 0 aromatic heterocycles. The van der Waals surface area contributed by atoms with Gasteiger partial charge in [0, 0.05) is 6.61 Å². The Balaban J connectivity index is 1.66. The molecule has 2 N–H and O–H groups in total. The van der Waals surface area contributed by atoms with Gasteiger partial charge in [0.1, 0.15) is 12.3 Å². The van der Waals surface area contributed by atoms with E-state index in [4.69, 9.17) is 14.3 Å². The van der Waals surface area contributed by atoms with Crippen LogP contribution < -0.4 is 16.1 Å². The number of hydrogen-bond acceptors (Lipinski definition) is 7. The number of benzene rings is 1. The molecule has 0 aliphatic carbocycles. The van der Waals surface area contributed by atoms with Gasteiger partial charge in [-0.2, -0.15) is 0 Å². The maximum absolute atomic E-state index is 11.6. The zero-order chi connectivity index (χ0) is 14.2. The fourth-order valence-corrected chi connectivity index (χ4v) is 1.65. The fraction of sp³-hybridized carbons (Fsp3) is 0.462. The molecular weight excluding hydrogens is 262 g/mol. The Morgan fingerprint density at radius 2 is 2.00 bits per heavy atom. The van der Waals surface area contributed by atoms with Crippen molar-refractivity contribution in [3.8, 4) is 0 Å². The van der Waals surface area contributed by atoms with Crippen LogP contribution in [0.25, 0.3) is 0 Å². The quantitative estimate of drug-likeness (QED) is 0.694. The average molecular weight is 281 g/mol. The first-order valence-electron chi connectivity index (χ1n) is 6.58. The topological polar surface area (TPSA) is 72.1 Å². The van der Waals surface area contributed by atoms with Crippen molar-refractivity contribution in [1.82, 2.24) is 5.53 Å². The summed E-state index contributed by atoms with van der Waals surface area (Å²) >= 11 is 0. The van der Waals surface area contributed by atoms with E-state index >= 15 is 0 Å². The molecule has 0 fully saturated rings. The number of para-hydroxylation sites is 2. The second kappa shape index (κ2) is 7.68. The third-order valence-corrected chi connectivity index (χ3v) is 2.55. The number of ether oxygens (including phenoxy) is 2. The summed E-state index contributed by atoms with van der Waals surface area (Å²) in [6.07, 6.45) is 0.967. The van der Waals surface area contributed by atoms with Crippen molar-refractivity contribution in [2.24, 2.45) is 0 Å². The van der Waals surface area contributed by atoms with E-state index < -0.39 is 5.97 Å². The Hall–Kier alpha value is -1.83. The number of carbonyl (C=O) groups excluding carboxylic acids is 1. The normalized spacial score (nSPS) is 12.9. The number of hydrazine groups is 2. The van der Waals surface area contributed by atoms with Crippen molar-refractivity contribution in [2.75, 3.05) is 37.0 Å². The molecule has 1 heterocycles. The van der Waals surface area contributed by atoms with E-state index in [-0.39, 0.29) is 6.61 Å². The number of fused-ring (bicyclic) bond motifs is 1. The van der Waals surface area contributed by atoms with Gasteiger partial charge < -0.3 is 14.3 Å². The van der Waals surface area contributed by atoms with Gasteiger partial charge in [-0.05, 0) is 18.6 Å². The van der Waals surface area contributed by atoms with Crippen LogP contribution in [0.4, 0.5) is 11.4 Å². The number of nitrogens with one attached hydrogen (secondary N) is 2. The maximum atomic E-state index is 11.6. The van der Waals surface area contributed by atoms with E-state index in [0.717, 1.165) is 17.8 Å². The van der Waals surface area contributed by atoms with Gasteiger partial charge in [0.15, 0.2) is 0 Å². The van der Waals surface area contributed by atoms with Gasteiger partial charge in [0.25, 0.3) is 0 Å². The number of nitrogens with zero attached hydrogens (tertiary/aromatic N) is 1. The molecule has 0 amide bonds. The lowest BCUT2D eigenvalue weighted by molar-refractivity contribution is -0.152. The van der Waals surface area contributed by atoms with Gasteiger partial charge in [0.2, 0.25) is 0 Å². The van der Waals surface area contributed by atoms with E-state index in [1.807, 2.05) is 31.2 Å². The Labute approximate surface area is 117 Å². The van der Waals surface area contributed by atoms with Crippen LogP contribution >= 0.6 is 0 Å². The molecular formula is C13H19N3O4. The third kappa shape index (κ3) is 4.09. The van der Waals surface area contributed by atoms with E-state index in [1.54, 1.807) is 0 Å². The van der Waals surface area contributed by atoms with Crippen LogP contribution in [0, 0.1) is 0 Å². The smallest absolute Gasteiger partial charge is 0.359 e. The van der Waals surface area contributed by atoms with Crippen molar-refractivity contribution in [2.45, 2.75) is 13.3 Å². The van der Waals surface area contributed by atoms with Gasteiger partial charge in [-0.3, -0.25) is 5.43 Å². The van der Waals surface area contributed by atoms with Gasteiger partial charge >= 0.3 is 5.97 Å². The summed E-state index contributed by atoms with van der Waals surface area (Å²) in [5.41, 5.74) is 7.20. The van der Waals surface area contributed by atoms with Gasteiger partial charge in [-0.15, -0.1) is 10.7 Å². The summed E-state index contributed by atoms with van der Waals surface area (Å²) in [5.74, 6) is -0.480. The van der Waals surface area contributed by atoms with Gasteiger partial charge in [-0.25, -0.2) is 4.79 Å². The molecule has 1 aromatic carbocycles. The molecule has 7 nitrogen and oxygen atoms in total. The third-order valence-electron chi connectivity index (χ3n) is 2.55. The molecule has 1 aromatic rings. The summed E-state index contributed by atoms with van der Waals surface area (Å²) < 4.78 is 10.4. The molecule has 0 radical (unpaired) electrons. The van der Waals surface area contributed by atoms with Gasteiger partial charge in [-0.1, -0.05) is 19.1 Å². The predicted molar refractivity (Wildman–Crippen MR) is 73.7 cm³/mol. The van der Waals surface area contributed by atoms with E-state index in [2.05, 4.69) is 11.0 Å². The minimum absolute atomic E-state index is 0.115. The zero-order valence-corrected chi connectivity index (χ0v) is 11.4. The van der Waals surface area contributed by atoms with Crippen LogP contribution in [0.2, 0.25) is 0 Å². The standard InChI is InChI=1S/C13H19N3O4/c1-2-7-18-8-9-19-10-13(17)20-16-12-6-4-3-5-11(12)14-15-16/h3-6,14-15H,2,7-10H2,1H3. The highest BCUT2D eigenvalue weighted by Gasteiger charge is 2.21. The lowest BCUT2D eigenvalue weighted by Gasteiger charge is -2.16. The van der Waals surface area contributed by atoms with Crippen LogP contribution in [-0.2, 0) is 19.1 Å². The highest BCUT2D eigenvalue weighted by atomic mass is 16.8. The van der Waals surface area contributed by atoms with Crippen LogP contribution in [0.3, 0.4) is 0 Å². The van der Waals surface area contributed by atoms with E-state index in [1.165, 1.54) is 5.17 Å². The summed E-state index contributed by atoms with van der Waals surface area (Å²) in [4.78, 5) is 16.7. The fourth-order valence-electron chi connectivity index (χ4n) is 1.65.